The molecule has 35 heavy (non-hydrogen) atoms. The molecule has 0 aliphatic carbocycles. The number of hydrogen-bond acceptors (Lipinski definition) is 5. The predicted octanol–water partition coefficient (Wildman–Crippen LogP) is 6.98. The lowest BCUT2D eigenvalue weighted by Crippen LogP contribution is -2.50. The van der Waals surface area contributed by atoms with Crippen molar-refractivity contribution in [3.8, 4) is 0 Å². The molecule has 2 aliphatic rings. The lowest BCUT2D eigenvalue weighted by Gasteiger charge is -2.43. The molecule has 3 rings (SSSR count). The molecule has 6 heteroatoms. The van der Waals surface area contributed by atoms with Gasteiger partial charge in [0.25, 0.3) is 0 Å². The summed E-state index contributed by atoms with van der Waals surface area (Å²) in [6.45, 7) is 16.0. The smallest absolute Gasteiger partial charge is 0.200 e. The summed E-state index contributed by atoms with van der Waals surface area (Å²) in [6, 6.07) is 10.3. The van der Waals surface area contributed by atoms with Crippen LogP contribution >= 0.6 is 0 Å². The molecular formula is C29H50O5Si. The van der Waals surface area contributed by atoms with E-state index in [1.54, 1.807) is 0 Å². The van der Waals surface area contributed by atoms with E-state index in [1.807, 2.05) is 18.2 Å². The van der Waals surface area contributed by atoms with Crippen molar-refractivity contribution in [3.63, 3.8) is 0 Å². The van der Waals surface area contributed by atoms with Crippen molar-refractivity contribution in [1.29, 1.82) is 0 Å². The number of benzene rings is 1. The van der Waals surface area contributed by atoms with Gasteiger partial charge in [0.1, 0.15) is 0 Å². The molecule has 0 saturated carbocycles. The number of aliphatic hydroxyl groups excluding tert-OH is 1. The van der Waals surface area contributed by atoms with E-state index in [4.69, 9.17) is 18.6 Å². The van der Waals surface area contributed by atoms with Crippen molar-refractivity contribution in [2.45, 2.75) is 134 Å². The van der Waals surface area contributed by atoms with E-state index in [0.29, 0.717) is 42.7 Å². The Hall–Kier alpha value is -0.763. The molecule has 2 fully saturated rings. The van der Waals surface area contributed by atoms with Gasteiger partial charge >= 0.3 is 0 Å². The van der Waals surface area contributed by atoms with Crippen LogP contribution in [0.15, 0.2) is 30.3 Å². The molecule has 1 N–H and O–H groups in total. The predicted molar refractivity (Wildman–Crippen MR) is 144 cm³/mol. The maximum absolute atomic E-state index is 10.6. The van der Waals surface area contributed by atoms with Gasteiger partial charge in [-0.2, -0.15) is 0 Å². The number of aliphatic hydroxyl groups is 1. The van der Waals surface area contributed by atoms with E-state index in [-0.39, 0.29) is 18.3 Å². The Morgan fingerprint density at radius 2 is 1.63 bits per heavy atom. The van der Waals surface area contributed by atoms with Crippen LogP contribution in [0, 0.1) is 0 Å². The minimum Gasteiger partial charge on any atom is -0.413 e. The zero-order valence-electron chi connectivity index (χ0n) is 23.0. The van der Waals surface area contributed by atoms with Crippen LogP contribution in [-0.2, 0) is 25.2 Å². The molecule has 0 unspecified atom stereocenters. The van der Waals surface area contributed by atoms with Crippen LogP contribution in [0.1, 0.15) is 92.1 Å². The number of rotatable bonds is 13. The molecule has 2 aliphatic heterocycles. The van der Waals surface area contributed by atoms with Gasteiger partial charge in [0.05, 0.1) is 31.5 Å². The van der Waals surface area contributed by atoms with E-state index in [9.17, 15) is 5.11 Å². The van der Waals surface area contributed by atoms with Crippen LogP contribution in [0.2, 0.25) is 16.6 Å². The maximum atomic E-state index is 10.6. The molecule has 0 bridgehead atoms. The van der Waals surface area contributed by atoms with Gasteiger partial charge in [0, 0.05) is 19.4 Å². The Labute approximate surface area is 215 Å². The molecule has 0 amide bonds. The summed E-state index contributed by atoms with van der Waals surface area (Å²) in [5.41, 5.74) is 2.89. The first-order valence-corrected chi connectivity index (χ1v) is 16.1. The fourth-order valence-electron chi connectivity index (χ4n) is 6.56. The largest absolute Gasteiger partial charge is 0.413 e. The fraction of sp³-hybridized carbons (Fsp3) is 0.793. The highest BCUT2D eigenvalue weighted by Gasteiger charge is 2.50. The topological polar surface area (TPSA) is 57.2 Å². The Bertz CT molecular complexity index is 718. The minimum absolute atomic E-state index is 0.0444. The molecule has 1 aromatic carbocycles. The van der Waals surface area contributed by atoms with Gasteiger partial charge in [0.2, 0.25) is 0 Å². The second-order valence-electron chi connectivity index (χ2n) is 11.7. The van der Waals surface area contributed by atoms with Crippen LogP contribution < -0.4 is 0 Å². The summed E-state index contributed by atoms with van der Waals surface area (Å²) in [7, 11) is -1.92. The molecule has 1 aromatic rings. The second-order valence-corrected chi connectivity index (χ2v) is 17.1. The first-order chi connectivity index (χ1) is 16.7. The van der Waals surface area contributed by atoms with Crippen molar-refractivity contribution in [2.24, 2.45) is 0 Å². The van der Waals surface area contributed by atoms with Gasteiger partial charge in [-0.15, -0.1) is 0 Å². The summed E-state index contributed by atoms with van der Waals surface area (Å²) in [5.74, 6) is -0.641. The van der Waals surface area contributed by atoms with E-state index in [2.05, 4.69) is 53.7 Å². The van der Waals surface area contributed by atoms with E-state index in [0.717, 1.165) is 38.7 Å². The number of unbranched alkanes of at least 4 members (excludes halogenated alkanes) is 1. The highest BCUT2D eigenvalue weighted by molar-refractivity contribution is 6.77. The molecular weight excluding hydrogens is 456 g/mol. The van der Waals surface area contributed by atoms with Crippen LogP contribution in [0.25, 0.3) is 0 Å². The summed E-state index contributed by atoms with van der Waals surface area (Å²) < 4.78 is 25.6. The first-order valence-electron chi connectivity index (χ1n) is 14.0. The first kappa shape index (κ1) is 28.8. The lowest BCUT2D eigenvalue weighted by molar-refractivity contribution is -0.288. The van der Waals surface area contributed by atoms with Crippen molar-refractivity contribution >= 4 is 8.32 Å². The van der Waals surface area contributed by atoms with Crippen LogP contribution in [-0.4, -0.2) is 50.7 Å². The SMILES string of the molecule is CC(C)[Si](OC[C@@H]1CC[C@@]2(C[C@H](O)C[C@H](CCCCOCc3ccccc3)O2)O1)(C(C)C)C(C)C. The average Bonchev–Trinajstić information content (AvgIpc) is 3.17. The van der Waals surface area contributed by atoms with Crippen molar-refractivity contribution < 1.29 is 23.7 Å². The third kappa shape index (κ3) is 7.62. The zero-order valence-corrected chi connectivity index (χ0v) is 24.0. The van der Waals surface area contributed by atoms with Gasteiger partial charge in [-0.05, 0) is 54.3 Å². The zero-order chi connectivity index (χ0) is 25.5. The third-order valence-electron chi connectivity index (χ3n) is 8.09. The molecule has 0 radical (unpaired) electrons. The Morgan fingerprint density at radius 1 is 0.971 bits per heavy atom. The lowest BCUT2D eigenvalue weighted by atomic mass is 9.94. The maximum Gasteiger partial charge on any atom is 0.200 e. The monoisotopic (exact) mass is 506 g/mol. The standard InChI is InChI=1S/C29H50O5Si/c1-22(2)35(23(3)4,24(5)6)32-21-28-15-16-29(34-28)19-26(30)18-27(33-29)14-10-11-17-31-20-25-12-8-7-9-13-25/h7-9,12-13,22-24,26-28,30H,10-11,14-21H2,1-6H3/t26-,27+,28+,29+/m1/s1. The van der Waals surface area contributed by atoms with Crippen LogP contribution in [0.4, 0.5) is 0 Å². The fourth-order valence-corrected chi connectivity index (χ4v) is 12.0. The summed E-state index contributed by atoms with van der Waals surface area (Å²) >= 11 is 0. The van der Waals surface area contributed by atoms with Gasteiger partial charge in [-0.3, -0.25) is 0 Å². The van der Waals surface area contributed by atoms with Gasteiger partial charge in [-0.25, -0.2) is 0 Å². The molecule has 200 valence electrons. The summed E-state index contributed by atoms with van der Waals surface area (Å²) in [6.07, 6.45) is 5.74. The molecule has 2 heterocycles. The normalized spacial score (nSPS) is 27.5. The number of ether oxygens (including phenoxy) is 3. The van der Waals surface area contributed by atoms with Gasteiger partial charge in [0.15, 0.2) is 14.1 Å². The number of hydrogen-bond donors (Lipinski definition) is 1. The highest BCUT2D eigenvalue weighted by atomic mass is 28.4. The summed E-state index contributed by atoms with van der Waals surface area (Å²) in [4.78, 5) is 0. The molecule has 2 saturated heterocycles. The second kappa shape index (κ2) is 13.2. The Morgan fingerprint density at radius 3 is 2.29 bits per heavy atom. The molecule has 0 aromatic heterocycles. The van der Waals surface area contributed by atoms with Crippen molar-refractivity contribution in [2.75, 3.05) is 13.2 Å². The highest BCUT2D eigenvalue weighted by Crippen LogP contribution is 2.45. The van der Waals surface area contributed by atoms with Crippen molar-refractivity contribution in [3.05, 3.63) is 35.9 Å². The quantitative estimate of drug-likeness (QED) is 0.231. The van der Waals surface area contributed by atoms with Gasteiger partial charge in [-0.1, -0.05) is 71.9 Å². The van der Waals surface area contributed by atoms with Crippen LogP contribution in [0.5, 0.6) is 0 Å². The van der Waals surface area contributed by atoms with E-state index >= 15 is 0 Å². The molecule has 4 atom stereocenters. The minimum atomic E-state index is -1.92. The van der Waals surface area contributed by atoms with Crippen molar-refractivity contribution in [1.82, 2.24) is 0 Å². The van der Waals surface area contributed by atoms with Crippen LogP contribution in [0.3, 0.4) is 0 Å². The van der Waals surface area contributed by atoms with E-state index in [1.165, 1.54) is 5.56 Å². The Balaban J connectivity index is 1.43. The Kier molecular flexibility index (Phi) is 10.8. The third-order valence-corrected chi connectivity index (χ3v) is 14.2. The average molecular weight is 507 g/mol. The molecule has 1 spiro atoms. The van der Waals surface area contributed by atoms with Gasteiger partial charge < -0.3 is 23.7 Å². The molecule has 5 nitrogen and oxygen atoms in total. The van der Waals surface area contributed by atoms with E-state index < -0.39 is 14.1 Å². The summed E-state index contributed by atoms with van der Waals surface area (Å²) in [5, 5.41) is 10.6.